The van der Waals surface area contributed by atoms with Crippen LogP contribution in [0.5, 0.6) is 0 Å². The summed E-state index contributed by atoms with van der Waals surface area (Å²) in [5.74, 6) is 0. The molecule has 0 radical (unpaired) electrons. The highest BCUT2D eigenvalue weighted by Crippen LogP contribution is 2.24. The smallest absolute Gasteiger partial charge is 0.391 e. The van der Waals surface area contributed by atoms with Gasteiger partial charge in [0.2, 0.25) is 0 Å². The van der Waals surface area contributed by atoms with Crippen molar-refractivity contribution < 1.29 is 8.85 Å². The van der Waals surface area contributed by atoms with Crippen LogP contribution in [-0.2, 0) is 8.85 Å². The molecule has 0 aromatic rings. The predicted octanol–water partition coefficient (Wildman–Crippen LogP) is 2.28. The summed E-state index contributed by atoms with van der Waals surface area (Å²) >= 11 is 0. The lowest BCUT2D eigenvalue weighted by Gasteiger charge is -2.28. The molecule has 0 aliphatic rings. The first-order valence-electron chi connectivity index (χ1n) is 3.83. The molecule has 0 spiro atoms. The Bertz CT molecular complexity index is 217. The second-order valence-electron chi connectivity index (χ2n) is 2.48. The van der Waals surface area contributed by atoms with E-state index >= 15 is 0 Å². The van der Waals surface area contributed by atoms with Crippen LogP contribution in [0, 0.1) is 0 Å². The summed E-state index contributed by atoms with van der Waals surface area (Å²) in [6.07, 6.45) is 3.27. The van der Waals surface area contributed by atoms with E-state index < -0.39 is 8.56 Å². The van der Waals surface area contributed by atoms with Crippen LogP contribution in [-0.4, -0.2) is 22.8 Å². The Labute approximate surface area is 81.1 Å². The topological polar surface area (TPSA) is 18.5 Å². The highest BCUT2D eigenvalue weighted by molar-refractivity contribution is 6.82. The summed E-state index contributed by atoms with van der Waals surface area (Å²) in [6.45, 7) is 15.0. The van der Waals surface area contributed by atoms with Gasteiger partial charge in [-0.05, 0) is 10.4 Å². The zero-order chi connectivity index (χ0) is 10.5. The lowest BCUT2D eigenvalue weighted by molar-refractivity contribution is 0.265. The molecule has 13 heavy (non-hydrogen) atoms. The number of hydrogen-bond donors (Lipinski definition) is 0. The van der Waals surface area contributed by atoms with Crippen molar-refractivity contribution in [2.45, 2.75) is 0 Å². The summed E-state index contributed by atoms with van der Waals surface area (Å²) in [5, 5.41) is 1.48. The van der Waals surface area contributed by atoms with E-state index in [1.807, 2.05) is 0 Å². The maximum absolute atomic E-state index is 5.37. The van der Waals surface area contributed by atoms with Crippen molar-refractivity contribution in [1.29, 1.82) is 0 Å². The maximum atomic E-state index is 5.37. The fourth-order valence-corrected chi connectivity index (χ4v) is 3.25. The highest BCUT2D eigenvalue weighted by Gasteiger charge is 2.40. The molecule has 0 unspecified atom stereocenters. The van der Waals surface area contributed by atoms with Gasteiger partial charge in [-0.15, -0.1) is 0 Å². The fraction of sp³-hybridized carbons (Fsp3) is 0.200. The molecule has 0 aromatic heterocycles. The average molecular weight is 196 g/mol. The molecule has 0 saturated carbocycles. The van der Waals surface area contributed by atoms with E-state index in [0.29, 0.717) is 0 Å². The van der Waals surface area contributed by atoms with E-state index in [1.54, 1.807) is 26.4 Å². The third-order valence-electron chi connectivity index (χ3n) is 1.91. The van der Waals surface area contributed by atoms with Crippen LogP contribution >= 0.6 is 0 Å². The van der Waals surface area contributed by atoms with Crippen LogP contribution in [0.4, 0.5) is 0 Å². The Morgan fingerprint density at radius 3 is 1.46 bits per heavy atom. The van der Waals surface area contributed by atoms with Crippen LogP contribution in [0.3, 0.4) is 0 Å². The molecule has 72 valence electrons. The first kappa shape index (κ1) is 12.1. The monoisotopic (exact) mass is 196 g/mol. The Morgan fingerprint density at radius 1 is 1.00 bits per heavy atom. The minimum absolute atomic E-state index is 0.738. The van der Waals surface area contributed by atoms with Gasteiger partial charge >= 0.3 is 8.56 Å². The lowest BCUT2D eigenvalue weighted by Crippen LogP contribution is -2.43. The Hall–Kier alpha value is -0.903. The molecule has 0 aliphatic heterocycles. The van der Waals surface area contributed by atoms with Crippen molar-refractivity contribution in [2.24, 2.45) is 0 Å². The SMILES string of the molecule is C=CC(=C)[Si](OC)(OC)C(=C)C=C. The third-order valence-corrected chi connectivity index (χ3v) is 5.16. The molecular weight excluding hydrogens is 180 g/mol. The molecule has 0 amide bonds. The lowest BCUT2D eigenvalue weighted by atomic mass is 10.6. The molecule has 0 heterocycles. The molecule has 0 rings (SSSR count). The Morgan fingerprint density at radius 2 is 1.31 bits per heavy atom. The van der Waals surface area contributed by atoms with E-state index in [4.69, 9.17) is 8.85 Å². The van der Waals surface area contributed by atoms with Gasteiger partial charge in [0.1, 0.15) is 0 Å². The molecule has 0 fully saturated rings. The van der Waals surface area contributed by atoms with Crippen LogP contribution in [0.15, 0.2) is 48.9 Å². The number of hydrogen-bond acceptors (Lipinski definition) is 2. The van der Waals surface area contributed by atoms with Gasteiger partial charge in [-0.1, -0.05) is 38.5 Å². The molecule has 0 aromatic carbocycles. The van der Waals surface area contributed by atoms with Crippen molar-refractivity contribution in [1.82, 2.24) is 0 Å². The summed E-state index contributed by atoms with van der Waals surface area (Å²) in [4.78, 5) is 0. The van der Waals surface area contributed by atoms with Crippen molar-refractivity contribution in [3.8, 4) is 0 Å². The van der Waals surface area contributed by atoms with Crippen molar-refractivity contribution >= 4 is 8.56 Å². The van der Waals surface area contributed by atoms with Crippen LogP contribution in [0.2, 0.25) is 0 Å². The minimum Gasteiger partial charge on any atom is -0.391 e. The average Bonchev–Trinajstić information content (AvgIpc) is 2.19. The van der Waals surface area contributed by atoms with Crippen LogP contribution in [0.1, 0.15) is 0 Å². The normalized spacial score (nSPS) is 10.6. The quantitative estimate of drug-likeness (QED) is 0.479. The van der Waals surface area contributed by atoms with E-state index in [-0.39, 0.29) is 0 Å². The molecule has 0 aliphatic carbocycles. The first-order chi connectivity index (χ1) is 6.08. The standard InChI is InChI=1S/C10H16O2Si/c1-7-9(3)13(11-5,12-6)10(4)8-2/h7-8H,1-4H2,5-6H3. The molecule has 2 nitrogen and oxygen atoms in total. The van der Waals surface area contributed by atoms with Crippen LogP contribution in [0.25, 0.3) is 0 Å². The predicted molar refractivity (Wildman–Crippen MR) is 58.4 cm³/mol. The van der Waals surface area contributed by atoms with Gasteiger partial charge in [0, 0.05) is 14.2 Å². The van der Waals surface area contributed by atoms with Crippen molar-refractivity contribution in [3.63, 3.8) is 0 Å². The van der Waals surface area contributed by atoms with Gasteiger partial charge in [0.05, 0.1) is 0 Å². The minimum atomic E-state index is -2.58. The van der Waals surface area contributed by atoms with Crippen LogP contribution < -0.4 is 0 Å². The first-order valence-corrected chi connectivity index (χ1v) is 5.64. The van der Waals surface area contributed by atoms with Crippen molar-refractivity contribution in [3.05, 3.63) is 48.9 Å². The van der Waals surface area contributed by atoms with Gasteiger partial charge in [-0.3, -0.25) is 0 Å². The summed E-state index contributed by atoms with van der Waals surface area (Å²) in [5.41, 5.74) is 0. The second kappa shape index (κ2) is 4.96. The molecule has 0 bridgehead atoms. The van der Waals surface area contributed by atoms with E-state index in [9.17, 15) is 0 Å². The largest absolute Gasteiger partial charge is 0.405 e. The molecule has 3 heteroatoms. The Kier molecular flexibility index (Phi) is 4.62. The highest BCUT2D eigenvalue weighted by atomic mass is 28.4. The second-order valence-corrected chi connectivity index (χ2v) is 5.82. The molecular formula is C10H16O2Si. The van der Waals surface area contributed by atoms with E-state index in [2.05, 4.69) is 26.3 Å². The van der Waals surface area contributed by atoms with Gasteiger partial charge in [0.15, 0.2) is 0 Å². The summed E-state index contributed by atoms with van der Waals surface area (Å²) in [6, 6.07) is 0. The third kappa shape index (κ3) is 2.06. The zero-order valence-corrected chi connectivity index (χ0v) is 9.30. The fourth-order valence-electron chi connectivity index (χ4n) is 1.08. The van der Waals surface area contributed by atoms with Gasteiger partial charge in [-0.25, -0.2) is 0 Å². The van der Waals surface area contributed by atoms with Gasteiger partial charge < -0.3 is 8.85 Å². The summed E-state index contributed by atoms with van der Waals surface area (Å²) < 4.78 is 10.7. The van der Waals surface area contributed by atoms with Gasteiger partial charge in [0.25, 0.3) is 0 Å². The maximum Gasteiger partial charge on any atom is 0.405 e. The molecule has 0 atom stereocenters. The number of allylic oxidation sites excluding steroid dienone is 4. The van der Waals surface area contributed by atoms with Crippen molar-refractivity contribution in [2.75, 3.05) is 14.2 Å². The van der Waals surface area contributed by atoms with Gasteiger partial charge in [-0.2, -0.15) is 0 Å². The van der Waals surface area contributed by atoms with E-state index in [1.165, 1.54) is 0 Å². The Balaban J connectivity index is 5.12. The molecule has 0 saturated heterocycles. The summed E-state index contributed by atoms with van der Waals surface area (Å²) in [7, 11) is 0.590. The molecule has 0 N–H and O–H groups in total. The van der Waals surface area contributed by atoms with E-state index in [0.717, 1.165) is 10.4 Å². The number of rotatable bonds is 6. The zero-order valence-electron chi connectivity index (χ0n) is 8.30.